The van der Waals surface area contributed by atoms with E-state index < -0.39 is 11.0 Å². The Morgan fingerprint density at radius 1 is 1.21 bits per heavy atom. The van der Waals surface area contributed by atoms with E-state index in [4.69, 9.17) is 26.2 Å². The van der Waals surface area contributed by atoms with Crippen LogP contribution < -0.4 is 10.4 Å². The maximum Gasteiger partial charge on any atom is 0.448 e. The standard InChI is InChI=1S/C24H29ClN5O4/c1-23-15(6-5-10-24(23)9-4-3-7-16(24)31)18(34-28-23)20-26-19(25)17-21(27-20)30(22(32)29(17)2)12-14-8-11-33-13-14/h12,14,28H,3-11,13H2,1-2H3/q+1/b30-12-/t14?,23?,24-/m1/s1. The summed E-state index contributed by atoms with van der Waals surface area (Å²) in [4.78, 5) is 43.1. The zero-order valence-corrected chi connectivity index (χ0v) is 20.3. The normalized spacial score (nSPS) is 34.3. The second-order valence-corrected chi connectivity index (χ2v) is 10.6. The predicted octanol–water partition coefficient (Wildman–Crippen LogP) is 3.77. The number of carbonyl (C=O) groups is 2. The molecule has 1 saturated heterocycles. The van der Waals surface area contributed by atoms with Crippen molar-refractivity contribution >= 4 is 46.9 Å². The number of anilines is 1. The van der Waals surface area contributed by atoms with Gasteiger partial charge in [-0.15, -0.1) is 5.48 Å². The number of ketones is 1. The van der Waals surface area contributed by atoms with E-state index in [0.29, 0.717) is 48.5 Å². The Kier molecular flexibility index (Phi) is 5.09. The smallest absolute Gasteiger partial charge is 0.402 e. The van der Waals surface area contributed by atoms with Crippen molar-refractivity contribution in [3.8, 4) is 0 Å². The Balaban J connectivity index is 1.46. The van der Waals surface area contributed by atoms with E-state index in [1.165, 1.54) is 4.90 Å². The molecule has 2 saturated carbocycles. The molecule has 2 aliphatic carbocycles. The SMILES string of the molecule is CN1C(=O)/[N+](=C\C2CCOC2)c2nc(C3=C4CCC[C@@]5(CCCCC5=O)C4(C)NO3)nc(Cl)c21. The van der Waals surface area contributed by atoms with Gasteiger partial charge in [0, 0.05) is 24.5 Å². The van der Waals surface area contributed by atoms with Gasteiger partial charge in [0.2, 0.25) is 11.4 Å². The van der Waals surface area contributed by atoms with E-state index in [1.54, 1.807) is 11.6 Å². The molecule has 180 valence electrons. The molecule has 5 aliphatic rings. The highest BCUT2D eigenvalue weighted by molar-refractivity contribution is 6.33. The maximum atomic E-state index is 13.2. The lowest BCUT2D eigenvalue weighted by atomic mass is 9.54. The number of ether oxygens (including phenoxy) is 1. The predicted molar refractivity (Wildman–Crippen MR) is 125 cm³/mol. The Bertz CT molecular complexity index is 1160. The lowest BCUT2D eigenvalue weighted by Crippen LogP contribution is -2.61. The van der Waals surface area contributed by atoms with Crippen LogP contribution in [-0.4, -0.2) is 58.4 Å². The molecule has 4 heterocycles. The van der Waals surface area contributed by atoms with Gasteiger partial charge in [-0.3, -0.25) is 4.79 Å². The number of Topliss-reactive ketones (excluding diaryl/α,β-unsaturated/α-hetero) is 1. The number of fused-ring (bicyclic) bond motifs is 3. The molecule has 3 atom stereocenters. The Morgan fingerprint density at radius 2 is 2.03 bits per heavy atom. The Morgan fingerprint density at radius 3 is 2.79 bits per heavy atom. The molecule has 0 aromatic carbocycles. The van der Waals surface area contributed by atoms with Crippen molar-refractivity contribution in [3.05, 3.63) is 16.6 Å². The summed E-state index contributed by atoms with van der Waals surface area (Å²) >= 11 is 6.61. The number of hydrogen-bond donors (Lipinski definition) is 1. The number of rotatable bonds is 2. The maximum absolute atomic E-state index is 13.2. The van der Waals surface area contributed by atoms with Crippen molar-refractivity contribution < 1.29 is 23.7 Å². The molecule has 0 radical (unpaired) electrons. The number of halogens is 1. The summed E-state index contributed by atoms with van der Waals surface area (Å²) in [6.45, 7) is 3.33. The van der Waals surface area contributed by atoms with Gasteiger partial charge in [0.05, 0.1) is 30.8 Å². The molecular formula is C24H29ClN5O4+. The fourth-order valence-corrected chi connectivity index (χ4v) is 6.76. The molecule has 1 spiro atoms. The highest BCUT2D eigenvalue weighted by atomic mass is 35.5. The van der Waals surface area contributed by atoms with Crippen molar-refractivity contribution in [2.45, 2.75) is 63.8 Å². The first-order chi connectivity index (χ1) is 16.4. The third-order valence-electron chi connectivity index (χ3n) is 8.42. The highest BCUT2D eigenvalue weighted by Gasteiger charge is 2.61. The van der Waals surface area contributed by atoms with E-state index in [1.807, 2.05) is 6.21 Å². The fraction of sp³-hybridized carbons (Fsp3) is 0.625. The van der Waals surface area contributed by atoms with Crippen LogP contribution in [0.1, 0.15) is 64.1 Å². The van der Waals surface area contributed by atoms with Crippen LogP contribution in [0.3, 0.4) is 0 Å². The van der Waals surface area contributed by atoms with Gasteiger partial charge in [0.1, 0.15) is 5.78 Å². The van der Waals surface area contributed by atoms with Crippen molar-refractivity contribution in [2.24, 2.45) is 11.3 Å². The van der Waals surface area contributed by atoms with Crippen molar-refractivity contribution in [3.63, 3.8) is 0 Å². The van der Waals surface area contributed by atoms with E-state index in [9.17, 15) is 9.59 Å². The number of carbonyl (C=O) groups excluding carboxylic acids is 2. The molecule has 0 bridgehead atoms. The molecule has 1 aromatic rings. The zero-order valence-electron chi connectivity index (χ0n) is 19.5. The second kappa shape index (κ2) is 7.83. The van der Waals surface area contributed by atoms with Crippen LogP contribution in [0.4, 0.5) is 16.3 Å². The summed E-state index contributed by atoms with van der Waals surface area (Å²) in [6.07, 6.45) is 8.74. The van der Waals surface area contributed by atoms with Gasteiger partial charge in [-0.1, -0.05) is 23.0 Å². The van der Waals surface area contributed by atoms with Gasteiger partial charge in [0.25, 0.3) is 5.82 Å². The van der Waals surface area contributed by atoms with Crippen LogP contribution in [0.15, 0.2) is 5.57 Å². The van der Waals surface area contributed by atoms with Crippen molar-refractivity contribution in [1.82, 2.24) is 15.4 Å². The Labute approximate surface area is 203 Å². The van der Waals surface area contributed by atoms with E-state index in [-0.39, 0.29) is 17.1 Å². The minimum absolute atomic E-state index is 0.130. The summed E-state index contributed by atoms with van der Waals surface area (Å²) in [5.41, 5.74) is 3.63. The summed E-state index contributed by atoms with van der Waals surface area (Å²) in [5.74, 6) is 1.75. The molecular weight excluding hydrogens is 458 g/mol. The average molecular weight is 487 g/mol. The quantitative estimate of drug-likeness (QED) is 0.502. The molecule has 6 rings (SSSR count). The van der Waals surface area contributed by atoms with Crippen LogP contribution in [-0.2, 0) is 14.4 Å². The minimum Gasteiger partial charge on any atom is -0.402 e. The lowest BCUT2D eigenvalue weighted by molar-refractivity contribution is -0.324. The van der Waals surface area contributed by atoms with Gasteiger partial charge in [-0.2, -0.15) is 9.56 Å². The number of nitrogens with one attached hydrogen (secondary N) is 1. The van der Waals surface area contributed by atoms with Crippen LogP contribution in [0, 0.1) is 11.3 Å². The van der Waals surface area contributed by atoms with Gasteiger partial charge < -0.3 is 9.57 Å². The average Bonchev–Trinajstić information content (AvgIpc) is 3.51. The topological polar surface area (TPSA) is 96.7 Å². The molecule has 3 fully saturated rings. The highest BCUT2D eigenvalue weighted by Crippen LogP contribution is 2.57. The van der Waals surface area contributed by atoms with E-state index in [2.05, 4.69) is 17.4 Å². The largest absolute Gasteiger partial charge is 0.448 e. The van der Waals surface area contributed by atoms with Crippen LogP contribution in [0.25, 0.3) is 5.76 Å². The molecule has 3 aliphatic heterocycles. The number of aromatic nitrogens is 2. The number of hydrogen-bond acceptors (Lipinski definition) is 7. The van der Waals surface area contributed by atoms with Crippen LogP contribution >= 0.6 is 11.6 Å². The first-order valence-corrected chi connectivity index (χ1v) is 12.5. The summed E-state index contributed by atoms with van der Waals surface area (Å²) < 4.78 is 7.02. The molecule has 10 heteroatoms. The summed E-state index contributed by atoms with van der Waals surface area (Å²) in [6, 6.07) is -0.229. The van der Waals surface area contributed by atoms with Gasteiger partial charge in [-0.25, -0.2) is 9.69 Å². The first kappa shape index (κ1) is 22.1. The number of nitrogens with zero attached hydrogens (tertiary/aromatic N) is 4. The van der Waals surface area contributed by atoms with Crippen LogP contribution in [0.2, 0.25) is 5.15 Å². The van der Waals surface area contributed by atoms with Crippen molar-refractivity contribution in [2.75, 3.05) is 25.2 Å². The molecule has 1 N–H and O–H groups in total. The van der Waals surface area contributed by atoms with Gasteiger partial charge in [0.15, 0.2) is 5.15 Å². The third-order valence-corrected chi connectivity index (χ3v) is 8.68. The van der Waals surface area contributed by atoms with Crippen molar-refractivity contribution in [1.29, 1.82) is 0 Å². The molecule has 2 amide bonds. The van der Waals surface area contributed by atoms with Crippen LogP contribution in [0.5, 0.6) is 0 Å². The monoisotopic (exact) mass is 486 g/mol. The zero-order chi connectivity index (χ0) is 23.7. The molecule has 1 aromatic heterocycles. The molecule has 9 nitrogen and oxygen atoms in total. The Hall–Kier alpha value is -2.36. The van der Waals surface area contributed by atoms with Gasteiger partial charge >= 0.3 is 11.8 Å². The number of hydroxylamine groups is 1. The summed E-state index contributed by atoms with van der Waals surface area (Å²) in [7, 11) is 1.67. The van der Waals surface area contributed by atoms with E-state index in [0.717, 1.165) is 50.5 Å². The van der Waals surface area contributed by atoms with Gasteiger partial charge in [-0.05, 0) is 45.4 Å². The summed E-state index contributed by atoms with van der Waals surface area (Å²) in [5, 5.41) is 0.194. The lowest BCUT2D eigenvalue weighted by Gasteiger charge is -2.50. The fourth-order valence-electron chi connectivity index (χ4n) is 6.47. The first-order valence-electron chi connectivity index (χ1n) is 12.1. The third kappa shape index (κ3) is 2.96. The second-order valence-electron chi connectivity index (χ2n) is 10.2. The number of urea groups is 1. The number of amides is 2. The minimum atomic E-state index is -0.605. The molecule has 2 unspecified atom stereocenters. The molecule has 34 heavy (non-hydrogen) atoms. The van der Waals surface area contributed by atoms with E-state index >= 15 is 0 Å².